The molecule has 0 aliphatic carbocycles. The number of piperidine rings is 1. The summed E-state index contributed by atoms with van der Waals surface area (Å²) in [5.41, 5.74) is 6.48. The molecule has 0 spiro atoms. The Balaban J connectivity index is 1.29. The van der Waals surface area contributed by atoms with E-state index in [2.05, 4.69) is 42.2 Å². The third-order valence-electron chi connectivity index (χ3n) is 7.23. The molecule has 180 valence electrons. The van der Waals surface area contributed by atoms with Crippen LogP contribution >= 0.6 is 0 Å². The van der Waals surface area contributed by atoms with Crippen molar-refractivity contribution in [1.29, 1.82) is 0 Å². The summed E-state index contributed by atoms with van der Waals surface area (Å²) in [6.07, 6.45) is 3.67. The number of fused-ring (bicyclic) bond motifs is 4. The van der Waals surface area contributed by atoms with E-state index in [4.69, 9.17) is 14.2 Å². The van der Waals surface area contributed by atoms with Crippen LogP contribution in [0.1, 0.15) is 47.6 Å². The van der Waals surface area contributed by atoms with E-state index in [1.54, 1.807) is 12.1 Å². The van der Waals surface area contributed by atoms with Crippen molar-refractivity contribution >= 4 is 11.1 Å². The number of aromatic hydroxyl groups is 1. The summed E-state index contributed by atoms with van der Waals surface area (Å²) in [6.45, 7) is 6.57. The molecule has 0 amide bonds. The minimum atomic E-state index is -0.270. The highest BCUT2D eigenvalue weighted by Gasteiger charge is 2.35. The van der Waals surface area contributed by atoms with Gasteiger partial charge in [0.05, 0.1) is 0 Å². The van der Waals surface area contributed by atoms with Crippen molar-refractivity contribution in [1.82, 2.24) is 4.90 Å². The lowest BCUT2D eigenvalue weighted by Gasteiger charge is -2.35. The normalized spacial score (nSPS) is 19.2. The van der Waals surface area contributed by atoms with Gasteiger partial charge >= 0.3 is 0 Å². The molecule has 1 N–H and O–H groups in total. The molecule has 0 radical (unpaired) electrons. The predicted octanol–water partition coefficient (Wildman–Crippen LogP) is 6.00. The van der Waals surface area contributed by atoms with E-state index < -0.39 is 0 Å². The number of phenolic OH excluding ortho intramolecular Hbond substituents is 1. The molecule has 6 rings (SSSR count). The van der Waals surface area contributed by atoms with Gasteiger partial charge in [0, 0.05) is 34.9 Å². The molecule has 0 aromatic heterocycles. The van der Waals surface area contributed by atoms with Gasteiger partial charge in [0.25, 0.3) is 0 Å². The maximum Gasteiger partial charge on any atom is 0.150 e. The molecule has 1 fully saturated rings. The number of benzene rings is 3. The van der Waals surface area contributed by atoms with E-state index >= 15 is 0 Å². The van der Waals surface area contributed by atoms with E-state index in [0.29, 0.717) is 19.0 Å². The first-order valence-electron chi connectivity index (χ1n) is 12.6. The predicted molar refractivity (Wildman–Crippen MR) is 137 cm³/mol. The van der Waals surface area contributed by atoms with Crippen LogP contribution in [-0.2, 0) is 0 Å². The number of likely N-dealkylation sites (tertiary alicyclic amines) is 1. The third kappa shape index (κ3) is 4.37. The first-order valence-corrected chi connectivity index (χ1v) is 12.6. The molecule has 0 saturated carbocycles. The van der Waals surface area contributed by atoms with Gasteiger partial charge in [0.2, 0.25) is 0 Å². The quantitative estimate of drug-likeness (QED) is 0.497. The van der Waals surface area contributed by atoms with Crippen LogP contribution < -0.4 is 14.2 Å². The topological polar surface area (TPSA) is 51.2 Å². The smallest absolute Gasteiger partial charge is 0.150 e. The SMILES string of the molecule is Cc1ccc2c(c1)OC(c1ccc(OCCN3CCCCC3)cc1)C1=C2COc2cc(O)ccc21. The van der Waals surface area contributed by atoms with E-state index in [1.807, 2.05) is 18.2 Å². The Morgan fingerprint density at radius 2 is 1.71 bits per heavy atom. The number of aryl methyl sites for hydroxylation is 1. The summed E-state index contributed by atoms with van der Waals surface area (Å²) < 4.78 is 18.8. The van der Waals surface area contributed by atoms with Gasteiger partial charge in [-0.1, -0.05) is 30.7 Å². The lowest BCUT2D eigenvalue weighted by atomic mass is 9.84. The van der Waals surface area contributed by atoms with Crippen molar-refractivity contribution in [2.45, 2.75) is 32.3 Å². The molecule has 0 bridgehead atoms. The molecule has 1 unspecified atom stereocenters. The molecule has 3 aliphatic heterocycles. The van der Waals surface area contributed by atoms with E-state index in [0.717, 1.165) is 51.4 Å². The zero-order chi connectivity index (χ0) is 23.8. The molecule has 3 heterocycles. The van der Waals surface area contributed by atoms with Gasteiger partial charge in [0.1, 0.15) is 36.2 Å². The molecule has 3 aliphatic rings. The number of rotatable bonds is 5. The first-order chi connectivity index (χ1) is 17.2. The van der Waals surface area contributed by atoms with Crippen LogP contribution in [0.4, 0.5) is 0 Å². The van der Waals surface area contributed by atoms with Gasteiger partial charge in [-0.3, -0.25) is 4.90 Å². The van der Waals surface area contributed by atoms with Gasteiger partial charge < -0.3 is 19.3 Å². The minimum Gasteiger partial charge on any atom is -0.508 e. The Morgan fingerprint density at radius 1 is 0.914 bits per heavy atom. The fraction of sp³-hybridized carbons (Fsp3) is 0.333. The van der Waals surface area contributed by atoms with Crippen molar-refractivity contribution in [3.8, 4) is 23.0 Å². The van der Waals surface area contributed by atoms with Crippen molar-refractivity contribution in [2.24, 2.45) is 0 Å². The summed E-state index contributed by atoms with van der Waals surface area (Å²) >= 11 is 0. The Labute approximate surface area is 206 Å². The highest BCUT2D eigenvalue weighted by molar-refractivity contribution is 5.99. The molecule has 1 saturated heterocycles. The van der Waals surface area contributed by atoms with E-state index in [9.17, 15) is 5.11 Å². The molecule has 5 nitrogen and oxygen atoms in total. The van der Waals surface area contributed by atoms with Crippen molar-refractivity contribution < 1.29 is 19.3 Å². The summed E-state index contributed by atoms with van der Waals surface area (Å²) in [7, 11) is 0. The Bertz CT molecular complexity index is 1260. The fourth-order valence-corrected chi connectivity index (χ4v) is 5.38. The van der Waals surface area contributed by atoms with Crippen LogP contribution in [0.15, 0.2) is 60.7 Å². The van der Waals surface area contributed by atoms with Crippen LogP contribution in [0.2, 0.25) is 0 Å². The molecule has 35 heavy (non-hydrogen) atoms. The average molecular weight is 470 g/mol. The van der Waals surface area contributed by atoms with E-state index in [-0.39, 0.29) is 11.9 Å². The number of nitrogens with zero attached hydrogens (tertiary/aromatic N) is 1. The lowest BCUT2D eigenvalue weighted by molar-refractivity contribution is 0.183. The zero-order valence-corrected chi connectivity index (χ0v) is 20.1. The molecule has 1 atom stereocenters. The first kappa shape index (κ1) is 22.1. The van der Waals surface area contributed by atoms with Gasteiger partial charge in [-0.15, -0.1) is 0 Å². The number of ether oxygens (including phenoxy) is 3. The van der Waals surface area contributed by atoms with Crippen LogP contribution in [0, 0.1) is 6.92 Å². The maximum absolute atomic E-state index is 10.00. The zero-order valence-electron chi connectivity index (χ0n) is 20.1. The van der Waals surface area contributed by atoms with E-state index in [1.165, 1.54) is 32.4 Å². The Morgan fingerprint density at radius 3 is 2.54 bits per heavy atom. The maximum atomic E-state index is 10.00. The lowest BCUT2D eigenvalue weighted by Crippen LogP contribution is -2.33. The van der Waals surface area contributed by atoms with Crippen molar-refractivity contribution in [3.63, 3.8) is 0 Å². The highest BCUT2D eigenvalue weighted by atomic mass is 16.5. The van der Waals surface area contributed by atoms with Gasteiger partial charge in [-0.25, -0.2) is 0 Å². The van der Waals surface area contributed by atoms with Crippen molar-refractivity contribution in [3.05, 3.63) is 82.9 Å². The minimum absolute atomic E-state index is 0.197. The van der Waals surface area contributed by atoms with Crippen LogP contribution in [0.5, 0.6) is 23.0 Å². The Hall–Kier alpha value is -3.44. The Kier molecular flexibility index (Phi) is 5.86. The number of hydrogen-bond acceptors (Lipinski definition) is 5. The van der Waals surface area contributed by atoms with Gasteiger partial charge in [-0.05, 0) is 74.3 Å². The van der Waals surface area contributed by atoms with Gasteiger partial charge in [-0.2, -0.15) is 0 Å². The largest absolute Gasteiger partial charge is 0.508 e. The second-order valence-electron chi connectivity index (χ2n) is 9.68. The standard InChI is InChI=1S/C30H31NO4/c1-20-5-11-24-26-19-34-27-18-22(32)8-12-25(27)29(26)30(35-28(24)17-20)21-6-9-23(10-7-21)33-16-15-31-13-3-2-4-14-31/h5-12,17-18,30,32H,2-4,13-16,19H2,1H3. The van der Waals surface area contributed by atoms with Crippen LogP contribution in [0.25, 0.3) is 11.1 Å². The highest BCUT2D eigenvalue weighted by Crippen LogP contribution is 2.51. The molecule has 3 aromatic rings. The monoisotopic (exact) mass is 469 g/mol. The second kappa shape index (κ2) is 9.31. The average Bonchev–Trinajstić information content (AvgIpc) is 2.88. The summed E-state index contributed by atoms with van der Waals surface area (Å²) in [5.74, 6) is 2.64. The van der Waals surface area contributed by atoms with Crippen LogP contribution in [-0.4, -0.2) is 42.9 Å². The molecular formula is C30H31NO4. The van der Waals surface area contributed by atoms with Crippen LogP contribution in [0.3, 0.4) is 0 Å². The molecule has 5 heteroatoms. The summed E-state index contributed by atoms with van der Waals surface area (Å²) in [6, 6.07) is 19.9. The van der Waals surface area contributed by atoms with Gasteiger partial charge in [0.15, 0.2) is 6.10 Å². The molecular weight excluding hydrogens is 438 g/mol. The summed E-state index contributed by atoms with van der Waals surface area (Å²) in [4.78, 5) is 2.49. The number of hydrogen-bond donors (Lipinski definition) is 1. The van der Waals surface area contributed by atoms with Crippen molar-refractivity contribution in [2.75, 3.05) is 32.8 Å². The second-order valence-corrected chi connectivity index (χ2v) is 9.68. The fourth-order valence-electron chi connectivity index (χ4n) is 5.38. The molecule has 3 aromatic carbocycles. The summed E-state index contributed by atoms with van der Waals surface area (Å²) in [5, 5.41) is 10.00. The third-order valence-corrected chi connectivity index (χ3v) is 7.23. The number of phenols is 1.